The number of anilines is 1. The lowest BCUT2D eigenvalue weighted by Crippen LogP contribution is -2.36. The highest BCUT2D eigenvalue weighted by Gasteiger charge is 2.36. The molecule has 36 heavy (non-hydrogen) atoms. The minimum atomic E-state index is -0.476. The third-order valence-electron chi connectivity index (χ3n) is 6.05. The number of benzene rings is 2. The molecule has 3 aromatic rings. The van der Waals surface area contributed by atoms with Gasteiger partial charge in [0.15, 0.2) is 0 Å². The molecule has 186 valence electrons. The highest BCUT2D eigenvalue weighted by molar-refractivity contribution is 8.18. The topological polar surface area (TPSA) is 71.4 Å². The van der Waals surface area contributed by atoms with Crippen LogP contribution in [0.5, 0.6) is 0 Å². The molecule has 0 bridgehead atoms. The number of aryl methyl sites for hydroxylation is 1. The molecular formula is C28H28ClN3O3S. The number of aromatic nitrogens is 1. The molecule has 3 amide bonds. The monoisotopic (exact) mass is 521 g/mol. The number of nitrogens with one attached hydrogen (secondary N) is 1. The fourth-order valence-electron chi connectivity index (χ4n) is 4.10. The van der Waals surface area contributed by atoms with E-state index in [9.17, 15) is 14.4 Å². The first kappa shape index (κ1) is 25.8. The van der Waals surface area contributed by atoms with Gasteiger partial charge in [-0.05, 0) is 90.7 Å². The van der Waals surface area contributed by atoms with Crippen molar-refractivity contribution in [2.45, 2.75) is 40.0 Å². The molecule has 0 radical (unpaired) electrons. The van der Waals surface area contributed by atoms with Crippen molar-refractivity contribution in [1.82, 2.24) is 9.47 Å². The maximum Gasteiger partial charge on any atom is 0.294 e. The summed E-state index contributed by atoms with van der Waals surface area (Å²) in [5, 5.41) is 2.76. The molecule has 2 heterocycles. The number of imide groups is 1. The van der Waals surface area contributed by atoms with Crippen LogP contribution < -0.4 is 5.32 Å². The standard InChI is InChI=1S/C28H28ClN3O3S/c1-17-14-19(18(2)32(17)23-12-6-20(7-13-23)28(3,4)5)15-24-26(34)31(27(35)36-24)16-25(33)30-22-10-8-21(29)9-11-22/h6-15H,16H2,1-5H3,(H,30,33)/b24-15-. The van der Waals surface area contributed by atoms with E-state index in [4.69, 9.17) is 11.6 Å². The van der Waals surface area contributed by atoms with Crippen molar-refractivity contribution in [3.8, 4) is 5.69 Å². The van der Waals surface area contributed by atoms with E-state index in [1.54, 1.807) is 30.3 Å². The zero-order valence-electron chi connectivity index (χ0n) is 20.9. The van der Waals surface area contributed by atoms with Gasteiger partial charge in [0, 0.05) is 27.8 Å². The predicted molar refractivity (Wildman–Crippen MR) is 147 cm³/mol. The molecule has 0 unspecified atom stereocenters. The minimum Gasteiger partial charge on any atom is -0.325 e. The molecule has 6 nitrogen and oxygen atoms in total. The van der Waals surface area contributed by atoms with Gasteiger partial charge in [-0.3, -0.25) is 19.3 Å². The molecule has 1 N–H and O–H groups in total. The normalized spacial score (nSPS) is 15.2. The first-order valence-electron chi connectivity index (χ1n) is 11.5. The number of rotatable bonds is 5. The summed E-state index contributed by atoms with van der Waals surface area (Å²) in [5.41, 5.74) is 5.72. The van der Waals surface area contributed by atoms with E-state index in [-0.39, 0.29) is 12.0 Å². The molecule has 1 fully saturated rings. The van der Waals surface area contributed by atoms with E-state index in [1.165, 1.54) is 5.56 Å². The van der Waals surface area contributed by atoms with Gasteiger partial charge in [-0.15, -0.1) is 0 Å². The first-order valence-corrected chi connectivity index (χ1v) is 12.7. The fourth-order valence-corrected chi connectivity index (χ4v) is 5.05. The number of amides is 3. The average molecular weight is 522 g/mol. The second-order valence-electron chi connectivity index (χ2n) is 9.78. The third-order valence-corrected chi connectivity index (χ3v) is 7.21. The summed E-state index contributed by atoms with van der Waals surface area (Å²) in [6, 6.07) is 17.1. The highest BCUT2D eigenvalue weighted by atomic mass is 35.5. The summed E-state index contributed by atoms with van der Waals surface area (Å²) >= 11 is 6.71. The molecule has 0 atom stereocenters. The quantitative estimate of drug-likeness (QED) is 0.378. The van der Waals surface area contributed by atoms with Gasteiger partial charge in [0.1, 0.15) is 6.54 Å². The molecule has 1 aliphatic heterocycles. The molecule has 1 aliphatic rings. The van der Waals surface area contributed by atoms with Gasteiger partial charge in [0.05, 0.1) is 4.91 Å². The van der Waals surface area contributed by atoms with Crippen molar-refractivity contribution in [2.24, 2.45) is 0 Å². The Balaban J connectivity index is 1.52. The molecule has 8 heteroatoms. The highest BCUT2D eigenvalue weighted by Crippen LogP contribution is 2.34. The number of hydrogen-bond acceptors (Lipinski definition) is 4. The van der Waals surface area contributed by atoms with E-state index in [0.29, 0.717) is 15.6 Å². The Morgan fingerprint density at radius 3 is 2.28 bits per heavy atom. The Kier molecular flexibility index (Phi) is 7.16. The lowest BCUT2D eigenvalue weighted by atomic mass is 9.87. The summed E-state index contributed by atoms with van der Waals surface area (Å²) in [6.45, 7) is 10.2. The maximum atomic E-state index is 13.0. The fraction of sp³-hybridized carbons (Fsp3) is 0.250. The van der Waals surface area contributed by atoms with Gasteiger partial charge in [-0.25, -0.2) is 0 Å². The summed E-state index contributed by atoms with van der Waals surface area (Å²) in [6.07, 6.45) is 1.73. The first-order chi connectivity index (χ1) is 16.9. The Morgan fingerprint density at radius 1 is 1.03 bits per heavy atom. The van der Waals surface area contributed by atoms with Crippen LogP contribution in [0.15, 0.2) is 59.5 Å². The molecule has 0 saturated carbocycles. The molecule has 1 saturated heterocycles. The van der Waals surface area contributed by atoms with Crippen LogP contribution in [0.25, 0.3) is 11.8 Å². The average Bonchev–Trinajstić information content (AvgIpc) is 3.24. The van der Waals surface area contributed by atoms with Crippen LogP contribution >= 0.6 is 23.4 Å². The van der Waals surface area contributed by atoms with Gasteiger partial charge < -0.3 is 9.88 Å². The summed E-state index contributed by atoms with van der Waals surface area (Å²) < 4.78 is 2.13. The SMILES string of the molecule is Cc1cc(/C=C2\SC(=O)N(CC(=O)Nc3ccc(Cl)cc3)C2=O)c(C)n1-c1ccc(C(C)(C)C)cc1. The van der Waals surface area contributed by atoms with Crippen molar-refractivity contribution >= 4 is 52.2 Å². The van der Waals surface area contributed by atoms with E-state index < -0.39 is 17.1 Å². The molecular weight excluding hydrogens is 494 g/mol. The van der Waals surface area contributed by atoms with Crippen LogP contribution in [0.4, 0.5) is 10.5 Å². The van der Waals surface area contributed by atoms with Crippen molar-refractivity contribution in [3.63, 3.8) is 0 Å². The summed E-state index contributed by atoms with van der Waals surface area (Å²) in [5.74, 6) is -0.937. The molecule has 0 aliphatic carbocycles. The van der Waals surface area contributed by atoms with Gasteiger partial charge in [-0.2, -0.15) is 0 Å². The van der Waals surface area contributed by atoms with Crippen molar-refractivity contribution in [3.05, 3.63) is 87.0 Å². The number of halogens is 1. The van der Waals surface area contributed by atoms with E-state index in [0.717, 1.165) is 39.3 Å². The Bertz CT molecular complexity index is 1370. The molecule has 2 aromatic carbocycles. The van der Waals surface area contributed by atoms with Crippen LogP contribution in [0, 0.1) is 13.8 Å². The zero-order chi connectivity index (χ0) is 26.2. The van der Waals surface area contributed by atoms with Gasteiger partial charge in [0.2, 0.25) is 5.91 Å². The van der Waals surface area contributed by atoms with Crippen molar-refractivity contribution in [1.29, 1.82) is 0 Å². The lowest BCUT2D eigenvalue weighted by Gasteiger charge is -2.20. The molecule has 1 aromatic heterocycles. The largest absolute Gasteiger partial charge is 0.325 e. The van der Waals surface area contributed by atoms with E-state index in [2.05, 4.69) is 54.9 Å². The number of hydrogen-bond donors (Lipinski definition) is 1. The van der Waals surface area contributed by atoms with Crippen LogP contribution in [0.3, 0.4) is 0 Å². The zero-order valence-corrected chi connectivity index (χ0v) is 22.5. The minimum absolute atomic E-state index is 0.0685. The number of carbonyl (C=O) groups excluding carboxylic acids is 3. The number of carbonyl (C=O) groups is 3. The number of thioether (sulfide) groups is 1. The van der Waals surface area contributed by atoms with Gasteiger partial charge in [0.25, 0.3) is 11.1 Å². The van der Waals surface area contributed by atoms with Crippen LogP contribution in [-0.4, -0.2) is 33.1 Å². The maximum absolute atomic E-state index is 13.0. The van der Waals surface area contributed by atoms with E-state index >= 15 is 0 Å². The Hall–Kier alpha value is -3.29. The van der Waals surface area contributed by atoms with Crippen LogP contribution in [-0.2, 0) is 15.0 Å². The predicted octanol–water partition coefficient (Wildman–Crippen LogP) is 6.72. The Morgan fingerprint density at radius 2 is 1.67 bits per heavy atom. The summed E-state index contributed by atoms with van der Waals surface area (Å²) in [4.78, 5) is 39.2. The lowest BCUT2D eigenvalue weighted by molar-refractivity contribution is -0.127. The van der Waals surface area contributed by atoms with E-state index in [1.807, 2.05) is 19.9 Å². The van der Waals surface area contributed by atoms with Crippen LogP contribution in [0.2, 0.25) is 5.02 Å². The van der Waals surface area contributed by atoms with Crippen LogP contribution in [0.1, 0.15) is 43.3 Å². The van der Waals surface area contributed by atoms with Crippen molar-refractivity contribution < 1.29 is 14.4 Å². The van der Waals surface area contributed by atoms with Crippen molar-refractivity contribution in [2.75, 3.05) is 11.9 Å². The second kappa shape index (κ2) is 9.99. The third kappa shape index (κ3) is 5.42. The van der Waals surface area contributed by atoms with Gasteiger partial charge >= 0.3 is 0 Å². The number of nitrogens with zero attached hydrogens (tertiary/aromatic N) is 2. The summed E-state index contributed by atoms with van der Waals surface area (Å²) in [7, 11) is 0. The smallest absolute Gasteiger partial charge is 0.294 e. The van der Waals surface area contributed by atoms with Gasteiger partial charge in [-0.1, -0.05) is 44.5 Å². The Labute approximate surface area is 220 Å². The second-order valence-corrected chi connectivity index (χ2v) is 11.2. The molecule has 4 rings (SSSR count). The molecule has 0 spiro atoms.